The third kappa shape index (κ3) is 4.32. The second-order valence-corrected chi connectivity index (χ2v) is 4.04. The summed E-state index contributed by atoms with van der Waals surface area (Å²) < 4.78 is 37.4. The lowest BCUT2D eigenvalue weighted by atomic mass is 10.3. The molecule has 1 aromatic rings. The minimum atomic E-state index is -4.50. The molecule has 0 aromatic carbocycles. The van der Waals surface area contributed by atoms with E-state index in [1.807, 2.05) is 0 Å². The molecule has 1 N–H and O–H groups in total. The van der Waals surface area contributed by atoms with Crippen LogP contribution in [0.3, 0.4) is 0 Å². The number of alkyl halides is 3. The number of nitrogens with zero attached hydrogens (tertiary/aromatic N) is 3. The van der Waals surface area contributed by atoms with Crippen LogP contribution in [0, 0.1) is 6.92 Å². The van der Waals surface area contributed by atoms with Crippen molar-refractivity contribution in [2.45, 2.75) is 13.1 Å². The van der Waals surface area contributed by atoms with Gasteiger partial charge in [0.15, 0.2) is 6.29 Å². The molecule has 0 bridgehead atoms. The molecule has 106 valence electrons. The first-order valence-electron chi connectivity index (χ1n) is 5.20. The lowest BCUT2D eigenvalue weighted by Crippen LogP contribution is -2.37. The van der Waals surface area contributed by atoms with Gasteiger partial charge in [0.2, 0.25) is 0 Å². The molecule has 0 saturated heterocycles. The van der Waals surface area contributed by atoms with Crippen LogP contribution in [0.25, 0.3) is 0 Å². The fraction of sp³-hybridized carbons (Fsp3) is 0.500. The van der Waals surface area contributed by atoms with Crippen LogP contribution in [0.1, 0.15) is 16.2 Å². The Morgan fingerprint density at radius 2 is 2.05 bits per heavy atom. The van der Waals surface area contributed by atoms with Crippen LogP contribution in [-0.4, -0.2) is 47.2 Å². The van der Waals surface area contributed by atoms with Crippen LogP contribution in [0.4, 0.5) is 19.0 Å². The van der Waals surface area contributed by atoms with Gasteiger partial charge in [0.05, 0.1) is 12.2 Å². The molecule has 0 fully saturated rings. The summed E-state index contributed by atoms with van der Waals surface area (Å²) in [5, 5.41) is 8.60. The SMILES string of the molecule is Cc1nc(Cl)c(C=O)c(N(CCO)CC(F)(F)F)n1. The smallest absolute Gasteiger partial charge is 0.395 e. The topological polar surface area (TPSA) is 66.3 Å². The van der Waals surface area contributed by atoms with Crippen molar-refractivity contribution < 1.29 is 23.1 Å². The molecule has 5 nitrogen and oxygen atoms in total. The van der Waals surface area contributed by atoms with E-state index in [9.17, 15) is 18.0 Å². The molecule has 0 unspecified atom stereocenters. The molecule has 1 aromatic heterocycles. The van der Waals surface area contributed by atoms with E-state index >= 15 is 0 Å². The van der Waals surface area contributed by atoms with Crippen molar-refractivity contribution >= 4 is 23.7 Å². The van der Waals surface area contributed by atoms with E-state index in [1.54, 1.807) is 0 Å². The van der Waals surface area contributed by atoms with Crippen LogP contribution in [0.2, 0.25) is 5.15 Å². The quantitative estimate of drug-likeness (QED) is 0.661. The molecule has 1 heterocycles. The summed E-state index contributed by atoms with van der Waals surface area (Å²) in [6.45, 7) is -0.752. The third-order valence-electron chi connectivity index (χ3n) is 2.15. The Kier molecular flexibility index (Phi) is 5.07. The van der Waals surface area contributed by atoms with Crippen molar-refractivity contribution in [1.82, 2.24) is 9.97 Å². The maximum atomic E-state index is 12.5. The van der Waals surface area contributed by atoms with Crippen molar-refractivity contribution in [3.8, 4) is 0 Å². The van der Waals surface area contributed by atoms with Gasteiger partial charge in [-0.05, 0) is 6.92 Å². The Labute approximate surface area is 112 Å². The maximum Gasteiger partial charge on any atom is 0.405 e. The molecule has 19 heavy (non-hydrogen) atoms. The van der Waals surface area contributed by atoms with Crippen LogP contribution >= 0.6 is 11.6 Å². The molecule has 0 aliphatic carbocycles. The highest BCUT2D eigenvalue weighted by molar-refractivity contribution is 6.32. The lowest BCUT2D eigenvalue weighted by Gasteiger charge is -2.25. The summed E-state index contributed by atoms with van der Waals surface area (Å²) in [5.74, 6) is -0.102. The van der Waals surface area contributed by atoms with Crippen molar-refractivity contribution in [3.63, 3.8) is 0 Å². The molecular formula is C10H11ClF3N3O2. The predicted octanol–water partition coefficient (Wildman–Crippen LogP) is 1.61. The number of aliphatic hydroxyl groups is 1. The summed E-state index contributed by atoms with van der Waals surface area (Å²) in [7, 11) is 0. The highest BCUT2D eigenvalue weighted by atomic mass is 35.5. The first kappa shape index (κ1) is 15.6. The zero-order chi connectivity index (χ0) is 14.6. The molecule has 9 heteroatoms. The van der Waals surface area contributed by atoms with Crippen LogP contribution in [-0.2, 0) is 0 Å². The summed E-state index contributed by atoms with van der Waals surface area (Å²) in [4.78, 5) is 19.1. The van der Waals surface area contributed by atoms with Gasteiger partial charge >= 0.3 is 6.18 Å². The second-order valence-electron chi connectivity index (χ2n) is 3.68. The number of hydrogen-bond donors (Lipinski definition) is 1. The molecular weight excluding hydrogens is 287 g/mol. The van der Waals surface area contributed by atoms with Gasteiger partial charge in [0.25, 0.3) is 0 Å². The van der Waals surface area contributed by atoms with E-state index in [2.05, 4.69) is 9.97 Å². The molecule has 0 aliphatic rings. The van der Waals surface area contributed by atoms with E-state index in [-0.39, 0.29) is 35.2 Å². The zero-order valence-electron chi connectivity index (χ0n) is 9.91. The van der Waals surface area contributed by atoms with Crippen LogP contribution in [0.5, 0.6) is 0 Å². The number of hydrogen-bond acceptors (Lipinski definition) is 5. The van der Waals surface area contributed by atoms with Gasteiger partial charge in [0.1, 0.15) is 23.3 Å². The van der Waals surface area contributed by atoms with Gasteiger partial charge in [-0.25, -0.2) is 9.97 Å². The van der Waals surface area contributed by atoms with Crippen molar-refractivity contribution in [1.29, 1.82) is 0 Å². The van der Waals surface area contributed by atoms with Crippen molar-refractivity contribution in [2.75, 3.05) is 24.6 Å². The van der Waals surface area contributed by atoms with Gasteiger partial charge in [-0.15, -0.1) is 0 Å². The average Bonchev–Trinajstić information content (AvgIpc) is 2.25. The number of anilines is 1. The summed E-state index contributed by atoms with van der Waals surface area (Å²) in [6, 6.07) is 0. The summed E-state index contributed by atoms with van der Waals surface area (Å²) in [5.41, 5.74) is -0.232. The molecule has 0 aliphatic heterocycles. The Balaban J connectivity index is 3.25. The predicted molar refractivity (Wildman–Crippen MR) is 62.5 cm³/mol. The van der Waals surface area contributed by atoms with Gasteiger partial charge < -0.3 is 10.0 Å². The van der Waals surface area contributed by atoms with Crippen LogP contribution in [0.15, 0.2) is 0 Å². The fourth-order valence-corrected chi connectivity index (χ4v) is 1.72. The number of aromatic nitrogens is 2. The molecule has 0 radical (unpaired) electrons. The third-order valence-corrected chi connectivity index (χ3v) is 2.44. The lowest BCUT2D eigenvalue weighted by molar-refractivity contribution is -0.120. The van der Waals surface area contributed by atoms with E-state index in [0.29, 0.717) is 0 Å². The second kappa shape index (κ2) is 6.16. The Morgan fingerprint density at radius 1 is 1.42 bits per heavy atom. The minimum absolute atomic E-state index is 0.135. The van der Waals surface area contributed by atoms with Gasteiger partial charge in [-0.1, -0.05) is 11.6 Å². The summed E-state index contributed by atoms with van der Waals surface area (Å²) >= 11 is 5.70. The van der Waals surface area contributed by atoms with Gasteiger partial charge in [0, 0.05) is 6.54 Å². The first-order valence-corrected chi connectivity index (χ1v) is 5.58. The monoisotopic (exact) mass is 297 g/mol. The van der Waals surface area contributed by atoms with E-state index in [4.69, 9.17) is 16.7 Å². The number of carbonyl (C=O) groups is 1. The number of aliphatic hydroxyl groups excluding tert-OH is 1. The summed E-state index contributed by atoms with van der Waals surface area (Å²) in [6.07, 6.45) is -4.21. The Morgan fingerprint density at radius 3 is 2.53 bits per heavy atom. The highest BCUT2D eigenvalue weighted by Crippen LogP contribution is 2.26. The van der Waals surface area contributed by atoms with E-state index in [0.717, 1.165) is 4.90 Å². The Hall–Kier alpha value is -1.41. The number of aldehydes is 1. The normalized spacial score (nSPS) is 11.5. The molecule has 0 atom stereocenters. The number of aryl methyl sites for hydroxylation is 1. The number of halogens is 4. The van der Waals surface area contributed by atoms with Crippen LogP contribution < -0.4 is 4.90 Å². The average molecular weight is 298 g/mol. The zero-order valence-corrected chi connectivity index (χ0v) is 10.7. The molecule has 0 amide bonds. The number of carbonyl (C=O) groups excluding carboxylic acids is 1. The largest absolute Gasteiger partial charge is 0.405 e. The fourth-order valence-electron chi connectivity index (χ4n) is 1.47. The van der Waals surface area contributed by atoms with E-state index < -0.39 is 19.3 Å². The molecule has 0 spiro atoms. The minimum Gasteiger partial charge on any atom is -0.395 e. The van der Waals surface area contributed by atoms with Crippen molar-refractivity contribution in [3.05, 3.63) is 16.5 Å². The van der Waals surface area contributed by atoms with E-state index in [1.165, 1.54) is 6.92 Å². The first-order chi connectivity index (χ1) is 8.78. The van der Waals surface area contributed by atoms with Gasteiger partial charge in [-0.3, -0.25) is 4.79 Å². The Bertz CT molecular complexity index is 468. The molecule has 0 saturated carbocycles. The number of rotatable bonds is 5. The van der Waals surface area contributed by atoms with Gasteiger partial charge in [-0.2, -0.15) is 13.2 Å². The maximum absolute atomic E-state index is 12.5. The van der Waals surface area contributed by atoms with Crippen molar-refractivity contribution in [2.24, 2.45) is 0 Å². The highest BCUT2D eigenvalue weighted by Gasteiger charge is 2.32. The molecule has 1 rings (SSSR count). The standard InChI is InChI=1S/C10H11ClF3N3O2/c1-6-15-8(11)7(4-19)9(16-6)17(2-3-18)5-10(12,13)14/h4,18H,2-3,5H2,1H3.